The van der Waals surface area contributed by atoms with Gasteiger partial charge in [0.25, 0.3) is 0 Å². The van der Waals surface area contributed by atoms with E-state index in [4.69, 9.17) is 5.73 Å². The number of aromatic nitrogens is 1. The summed E-state index contributed by atoms with van der Waals surface area (Å²) in [6, 6.07) is 9.87. The van der Waals surface area contributed by atoms with Gasteiger partial charge in [0.05, 0.1) is 16.7 Å². The number of fused-ring (bicyclic) bond motifs is 1. The first-order valence-electron chi connectivity index (χ1n) is 5.92. The third-order valence-electron chi connectivity index (χ3n) is 2.35. The molecule has 0 bridgehead atoms. The lowest BCUT2D eigenvalue weighted by Gasteiger charge is -2.15. The lowest BCUT2D eigenvalue weighted by Crippen LogP contribution is -2.27. The highest BCUT2D eigenvalue weighted by Gasteiger charge is 2.09. The van der Waals surface area contributed by atoms with Crippen LogP contribution in [-0.2, 0) is 0 Å². The lowest BCUT2D eigenvalue weighted by atomic mass is 10.1. The fourth-order valence-electron chi connectivity index (χ4n) is 1.73. The minimum absolute atomic E-state index is 0.199. The number of guanidine groups is 1. The highest BCUT2D eigenvalue weighted by Crippen LogP contribution is 2.20. The van der Waals surface area contributed by atoms with Gasteiger partial charge in [0, 0.05) is 11.6 Å². The van der Waals surface area contributed by atoms with Crippen molar-refractivity contribution in [3.8, 4) is 0 Å². The number of pyridine rings is 1. The second kappa shape index (κ2) is 4.64. The first-order chi connectivity index (χ1) is 8.46. The van der Waals surface area contributed by atoms with Crippen molar-refractivity contribution in [2.24, 2.45) is 10.7 Å². The second-order valence-corrected chi connectivity index (χ2v) is 5.17. The van der Waals surface area contributed by atoms with Crippen LogP contribution in [0.4, 0.5) is 5.69 Å². The molecule has 0 aliphatic heterocycles. The maximum absolute atomic E-state index is 5.89. The van der Waals surface area contributed by atoms with Gasteiger partial charge in [-0.2, -0.15) is 0 Å². The number of aliphatic imine (C=N–C) groups is 1. The van der Waals surface area contributed by atoms with E-state index in [1.54, 1.807) is 6.20 Å². The van der Waals surface area contributed by atoms with Gasteiger partial charge in [-0.3, -0.25) is 4.98 Å². The van der Waals surface area contributed by atoms with Crippen LogP contribution in [0.15, 0.2) is 41.5 Å². The monoisotopic (exact) mass is 242 g/mol. The van der Waals surface area contributed by atoms with E-state index in [1.807, 2.05) is 51.1 Å². The predicted molar refractivity (Wildman–Crippen MR) is 76.7 cm³/mol. The molecule has 0 unspecified atom stereocenters. The minimum atomic E-state index is -0.199. The van der Waals surface area contributed by atoms with Crippen LogP contribution in [0.3, 0.4) is 0 Å². The van der Waals surface area contributed by atoms with Crippen molar-refractivity contribution >= 4 is 22.5 Å². The van der Waals surface area contributed by atoms with Gasteiger partial charge in [0.1, 0.15) is 0 Å². The molecule has 4 nitrogen and oxygen atoms in total. The van der Waals surface area contributed by atoms with Gasteiger partial charge in [0.2, 0.25) is 0 Å². The first kappa shape index (κ1) is 12.4. The molecule has 0 amide bonds. The topological polar surface area (TPSA) is 63.3 Å². The summed E-state index contributed by atoms with van der Waals surface area (Å²) in [4.78, 5) is 8.72. The molecule has 4 heteroatoms. The molecule has 1 heterocycles. The molecule has 1 aromatic carbocycles. The molecule has 0 saturated carbocycles. The maximum Gasteiger partial charge on any atom is 0.193 e. The number of hydrogen-bond donors (Lipinski definition) is 2. The van der Waals surface area contributed by atoms with E-state index < -0.39 is 0 Å². The molecule has 0 saturated heterocycles. The van der Waals surface area contributed by atoms with Crippen molar-refractivity contribution < 1.29 is 0 Å². The summed E-state index contributed by atoms with van der Waals surface area (Å²) in [7, 11) is 0. The van der Waals surface area contributed by atoms with Crippen molar-refractivity contribution in [1.82, 2.24) is 4.98 Å². The van der Waals surface area contributed by atoms with Crippen LogP contribution >= 0.6 is 0 Å². The fraction of sp³-hybridized carbons (Fsp3) is 0.286. The number of nitrogens with two attached hydrogens (primary N) is 1. The van der Waals surface area contributed by atoms with E-state index in [2.05, 4.69) is 15.3 Å². The quantitative estimate of drug-likeness (QED) is 0.597. The Morgan fingerprint density at radius 2 is 1.94 bits per heavy atom. The van der Waals surface area contributed by atoms with E-state index in [0.29, 0.717) is 5.96 Å². The smallest absolute Gasteiger partial charge is 0.193 e. The number of para-hydroxylation sites is 1. The van der Waals surface area contributed by atoms with Crippen molar-refractivity contribution in [2.45, 2.75) is 26.3 Å². The zero-order valence-corrected chi connectivity index (χ0v) is 10.9. The van der Waals surface area contributed by atoms with Crippen molar-refractivity contribution in [1.29, 1.82) is 0 Å². The summed E-state index contributed by atoms with van der Waals surface area (Å²) in [5, 5.41) is 4.18. The number of nitrogens with one attached hydrogen (secondary N) is 1. The number of anilines is 1. The summed E-state index contributed by atoms with van der Waals surface area (Å²) < 4.78 is 0. The van der Waals surface area contributed by atoms with Gasteiger partial charge in [0.15, 0.2) is 5.96 Å². The van der Waals surface area contributed by atoms with Crippen LogP contribution < -0.4 is 11.1 Å². The molecule has 2 rings (SSSR count). The molecule has 0 aliphatic rings. The Hall–Kier alpha value is -2.10. The van der Waals surface area contributed by atoms with Crippen molar-refractivity contribution in [3.63, 3.8) is 0 Å². The highest BCUT2D eigenvalue weighted by atomic mass is 15.1. The molecular formula is C14H18N4. The SMILES string of the molecule is CC(C)(C)N=C(N)Nc1cccc2cccnc12. The zero-order valence-electron chi connectivity index (χ0n) is 10.9. The Kier molecular flexibility index (Phi) is 3.19. The Morgan fingerprint density at radius 1 is 1.22 bits per heavy atom. The number of rotatable bonds is 1. The normalized spacial score (nSPS) is 12.7. The third kappa shape index (κ3) is 2.97. The number of benzene rings is 1. The average Bonchev–Trinajstić information content (AvgIpc) is 2.27. The van der Waals surface area contributed by atoms with E-state index in [-0.39, 0.29) is 5.54 Å². The van der Waals surface area contributed by atoms with E-state index in [9.17, 15) is 0 Å². The van der Waals surface area contributed by atoms with E-state index >= 15 is 0 Å². The molecule has 0 aliphatic carbocycles. The largest absolute Gasteiger partial charge is 0.370 e. The molecule has 0 atom stereocenters. The second-order valence-electron chi connectivity index (χ2n) is 5.17. The molecular weight excluding hydrogens is 224 g/mol. The molecule has 1 aromatic heterocycles. The summed E-state index contributed by atoms with van der Waals surface area (Å²) in [6.07, 6.45) is 1.77. The molecule has 0 radical (unpaired) electrons. The maximum atomic E-state index is 5.89. The summed E-state index contributed by atoms with van der Waals surface area (Å²) in [5.41, 5.74) is 7.46. The van der Waals surface area contributed by atoms with Gasteiger partial charge < -0.3 is 11.1 Å². The van der Waals surface area contributed by atoms with Crippen LogP contribution in [0.5, 0.6) is 0 Å². The van der Waals surface area contributed by atoms with E-state index in [1.165, 1.54) is 0 Å². The van der Waals surface area contributed by atoms with Crippen LogP contribution in [0.1, 0.15) is 20.8 Å². The Labute approximate surface area is 107 Å². The summed E-state index contributed by atoms with van der Waals surface area (Å²) in [6.45, 7) is 6.01. The molecule has 0 fully saturated rings. The summed E-state index contributed by atoms with van der Waals surface area (Å²) in [5.74, 6) is 0.403. The number of nitrogens with zero attached hydrogens (tertiary/aromatic N) is 2. The van der Waals surface area contributed by atoms with Crippen molar-refractivity contribution in [3.05, 3.63) is 36.5 Å². The van der Waals surface area contributed by atoms with Crippen molar-refractivity contribution in [2.75, 3.05) is 5.32 Å². The predicted octanol–water partition coefficient (Wildman–Crippen LogP) is 2.76. The number of hydrogen-bond acceptors (Lipinski definition) is 2. The Morgan fingerprint density at radius 3 is 2.67 bits per heavy atom. The molecule has 3 N–H and O–H groups in total. The van der Waals surface area contributed by atoms with Crippen LogP contribution in [-0.4, -0.2) is 16.5 Å². The van der Waals surface area contributed by atoms with Crippen LogP contribution in [0.2, 0.25) is 0 Å². The standard InChI is InChI=1S/C14H18N4/c1-14(2,3)18-13(15)17-11-8-4-6-10-7-5-9-16-12(10)11/h4-9H,1-3H3,(H3,15,17,18). The molecule has 0 spiro atoms. The van der Waals surface area contributed by atoms with E-state index in [0.717, 1.165) is 16.6 Å². The molecule has 18 heavy (non-hydrogen) atoms. The van der Waals surface area contributed by atoms with Crippen LogP contribution in [0, 0.1) is 0 Å². The molecule has 94 valence electrons. The lowest BCUT2D eigenvalue weighted by molar-refractivity contribution is 0.583. The fourth-order valence-corrected chi connectivity index (χ4v) is 1.73. The minimum Gasteiger partial charge on any atom is -0.370 e. The summed E-state index contributed by atoms with van der Waals surface area (Å²) >= 11 is 0. The molecule has 2 aromatic rings. The van der Waals surface area contributed by atoms with Gasteiger partial charge in [-0.1, -0.05) is 18.2 Å². The Bertz CT molecular complexity index is 576. The van der Waals surface area contributed by atoms with Crippen LogP contribution in [0.25, 0.3) is 10.9 Å². The average molecular weight is 242 g/mol. The van der Waals surface area contributed by atoms with Gasteiger partial charge in [-0.25, -0.2) is 4.99 Å². The van der Waals surface area contributed by atoms with Gasteiger partial charge >= 0.3 is 0 Å². The first-order valence-corrected chi connectivity index (χ1v) is 5.92. The van der Waals surface area contributed by atoms with Gasteiger partial charge in [-0.15, -0.1) is 0 Å². The zero-order chi connectivity index (χ0) is 13.2. The van der Waals surface area contributed by atoms with Gasteiger partial charge in [-0.05, 0) is 32.9 Å². The highest BCUT2D eigenvalue weighted by molar-refractivity contribution is 6.01. The Balaban J connectivity index is 2.35. The third-order valence-corrected chi connectivity index (χ3v) is 2.35.